The van der Waals surface area contributed by atoms with E-state index in [1.807, 2.05) is 90.7 Å². The van der Waals surface area contributed by atoms with Gasteiger partial charge in [0.1, 0.15) is 6.04 Å². The molecule has 6 atom stereocenters. The maximum Gasteiger partial charge on any atom is 0.247 e. The minimum absolute atomic E-state index is 0.104. The first-order valence-electron chi connectivity index (χ1n) is 14.9. The number of likely N-dealkylation sites (tertiary alicyclic amines) is 1. The van der Waals surface area contributed by atoms with E-state index in [0.717, 1.165) is 11.3 Å². The molecule has 0 saturated carbocycles. The molecule has 1 spiro atoms. The Hall–Kier alpha value is -3.36. The van der Waals surface area contributed by atoms with E-state index in [1.54, 1.807) is 21.6 Å². The van der Waals surface area contributed by atoms with Gasteiger partial charge >= 0.3 is 0 Å². The molecule has 8 heteroatoms. The molecule has 2 saturated heterocycles. The largest absolute Gasteiger partial charge is 0.394 e. The maximum atomic E-state index is 14.8. The van der Waals surface area contributed by atoms with Crippen LogP contribution in [0.5, 0.6) is 0 Å². The summed E-state index contributed by atoms with van der Waals surface area (Å²) < 4.78 is -1.62. The molecule has 42 heavy (non-hydrogen) atoms. The average molecular weight is 586 g/mol. The number of hydrogen-bond acceptors (Lipinski definition) is 5. The number of aliphatic hydroxyl groups is 1. The first-order chi connectivity index (χ1) is 20.2. The smallest absolute Gasteiger partial charge is 0.247 e. The van der Waals surface area contributed by atoms with Gasteiger partial charge in [0.15, 0.2) is 0 Å². The van der Waals surface area contributed by atoms with E-state index in [9.17, 15) is 19.5 Å². The lowest BCUT2D eigenvalue weighted by molar-refractivity contribution is -0.146. The van der Waals surface area contributed by atoms with Gasteiger partial charge in [-0.2, -0.15) is 0 Å². The van der Waals surface area contributed by atoms with Gasteiger partial charge in [0, 0.05) is 30.1 Å². The number of carbonyl (C=O) groups excluding carboxylic acids is 3. The lowest BCUT2D eigenvalue weighted by Crippen LogP contribution is -2.56. The predicted octanol–water partition coefficient (Wildman–Crippen LogP) is 4.28. The second-order valence-electron chi connectivity index (χ2n) is 12.5. The van der Waals surface area contributed by atoms with Crippen molar-refractivity contribution in [1.29, 1.82) is 0 Å². The van der Waals surface area contributed by atoms with Gasteiger partial charge in [-0.25, -0.2) is 0 Å². The summed E-state index contributed by atoms with van der Waals surface area (Å²) in [5.74, 6) is -1.65. The van der Waals surface area contributed by atoms with Crippen LogP contribution >= 0.6 is 11.8 Å². The van der Waals surface area contributed by atoms with E-state index in [2.05, 4.69) is 19.9 Å². The second kappa shape index (κ2) is 11.0. The highest BCUT2D eigenvalue weighted by Crippen LogP contribution is 2.66. The first-order valence-corrected chi connectivity index (χ1v) is 15.7. The van der Waals surface area contributed by atoms with Crippen LogP contribution < -0.4 is 4.90 Å². The van der Waals surface area contributed by atoms with Crippen LogP contribution in [0.2, 0.25) is 0 Å². The fourth-order valence-electron chi connectivity index (χ4n) is 7.51. The average Bonchev–Trinajstić information content (AvgIpc) is 3.26. The molecule has 1 N–H and O–H groups in total. The monoisotopic (exact) mass is 585 g/mol. The second-order valence-corrected chi connectivity index (χ2v) is 14.3. The third kappa shape index (κ3) is 4.60. The quantitative estimate of drug-likeness (QED) is 0.491. The van der Waals surface area contributed by atoms with Crippen LogP contribution in [0.3, 0.4) is 0 Å². The van der Waals surface area contributed by atoms with Crippen molar-refractivity contribution in [2.45, 2.75) is 55.3 Å². The van der Waals surface area contributed by atoms with Crippen LogP contribution in [0, 0.1) is 17.8 Å². The highest BCUT2D eigenvalue weighted by molar-refractivity contribution is 8.02. The Morgan fingerprint density at radius 2 is 1.55 bits per heavy atom. The van der Waals surface area contributed by atoms with Gasteiger partial charge in [-0.05, 0) is 37.0 Å². The number of carbonyl (C=O) groups is 3. The number of rotatable bonds is 7. The summed E-state index contributed by atoms with van der Waals surface area (Å²) in [4.78, 5) is 49.2. The van der Waals surface area contributed by atoms with Crippen molar-refractivity contribution < 1.29 is 19.5 Å². The fraction of sp³-hybridized carbons (Fsp3) is 0.441. The minimum Gasteiger partial charge on any atom is -0.394 e. The molecule has 4 heterocycles. The molecular weight excluding hydrogens is 546 g/mol. The number of aliphatic hydroxyl groups excluding tert-OH is 1. The van der Waals surface area contributed by atoms with Crippen LogP contribution in [0.1, 0.15) is 32.8 Å². The summed E-state index contributed by atoms with van der Waals surface area (Å²) >= 11 is 1.58. The first kappa shape index (κ1) is 28.7. The van der Waals surface area contributed by atoms with E-state index in [4.69, 9.17) is 0 Å². The predicted molar refractivity (Wildman–Crippen MR) is 166 cm³/mol. The molecule has 7 nitrogen and oxygen atoms in total. The van der Waals surface area contributed by atoms with Crippen LogP contribution in [-0.2, 0) is 20.9 Å². The SMILES string of the molecule is CC(C)C[C@H](CO)N1C(=O)[C@@H]2[C@H]3C(=O)N(c4ccccc4)CC=C[C@@]3(C)S[C@@]23C=CCN(Cc2ccccc2)C(=O)C13. The van der Waals surface area contributed by atoms with Crippen molar-refractivity contribution in [3.63, 3.8) is 0 Å². The molecule has 0 bridgehead atoms. The molecule has 2 fully saturated rings. The summed E-state index contributed by atoms with van der Waals surface area (Å²) in [6, 6.07) is 18.1. The normalized spacial score (nSPS) is 31.2. The zero-order chi connectivity index (χ0) is 29.6. The van der Waals surface area contributed by atoms with Crippen LogP contribution in [-0.4, -0.2) is 73.9 Å². The Morgan fingerprint density at radius 3 is 2.21 bits per heavy atom. The van der Waals surface area contributed by atoms with Gasteiger partial charge in [0.2, 0.25) is 17.7 Å². The van der Waals surface area contributed by atoms with Crippen LogP contribution in [0.25, 0.3) is 0 Å². The standard InChI is InChI=1S/C34H39N3O4S/c1-23(2)20-26(22-38)37-29-32(41)35(21-24-12-6-4-7-13-24)18-11-17-34(29)28(31(37)40)27-30(39)36(25-14-8-5-9-15-25)19-10-16-33(27,3)42-34/h4-17,23,26-29,38H,18-22H2,1-3H3/t26-,27+,28+,29?,33-,34+/m1/s1. The van der Waals surface area contributed by atoms with E-state index < -0.39 is 33.4 Å². The van der Waals surface area contributed by atoms with Crippen molar-refractivity contribution in [2.75, 3.05) is 24.6 Å². The summed E-state index contributed by atoms with van der Waals surface area (Å²) in [7, 11) is 0. The van der Waals surface area contributed by atoms with E-state index in [-0.39, 0.29) is 30.2 Å². The van der Waals surface area contributed by atoms with Crippen LogP contribution in [0.15, 0.2) is 85.0 Å². The third-order valence-corrected chi connectivity index (χ3v) is 11.0. The van der Waals surface area contributed by atoms with E-state index in [1.165, 1.54) is 0 Å². The van der Waals surface area contributed by atoms with Crippen LogP contribution in [0.4, 0.5) is 5.69 Å². The molecule has 4 aliphatic heterocycles. The molecule has 2 aromatic carbocycles. The number of nitrogens with zero attached hydrogens (tertiary/aromatic N) is 3. The van der Waals surface area contributed by atoms with E-state index >= 15 is 0 Å². The topological polar surface area (TPSA) is 81.2 Å². The molecule has 0 aliphatic carbocycles. The molecule has 3 amide bonds. The lowest BCUT2D eigenvalue weighted by Gasteiger charge is -2.40. The van der Waals surface area contributed by atoms with Gasteiger partial charge in [-0.3, -0.25) is 14.4 Å². The van der Waals surface area contributed by atoms with Gasteiger partial charge in [0.25, 0.3) is 0 Å². The Labute approximate surface area is 252 Å². The highest BCUT2D eigenvalue weighted by Gasteiger charge is 2.74. The molecule has 2 aromatic rings. The minimum atomic E-state index is -0.941. The third-order valence-electron chi connectivity index (χ3n) is 9.21. The Bertz CT molecular complexity index is 1410. The number of fused-ring (bicyclic) bond motifs is 2. The maximum absolute atomic E-state index is 14.8. The van der Waals surface area contributed by atoms with Crippen molar-refractivity contribution in [2.24, 2.45) is 17.8 Å². The Balaban J connectivity index is 1.47. The van der Waals surface area contributed by atoms with Crippen molar-refractivity contribution in [3.05, 3.63) is 90.5 Å². The van der Waals surface area contributed by atoms with Crippen molar-refractivity contribution in [3.8, 4) is 0 Å². The number of hydrogen-bond donors (Lipinski definition) is 1. The zero-order valence-corrected chi connectivity index (χ0v) is 25.2. The van der Waals surface area contributed by atoms with Gasteiger partial charge in [-0.1, -0.05) is 86.7 Å². The lowest BCUT2D eigenvalue weighted by atomic mass is 9.74. The van der Waals surface area contributed by atoms with Crippen molar-refractivity contribution >= 4 is 35.2 Å². The fourth-order valence-corrected chi connectivity index (χ4v) is 9.65. The summed E-state index contributed by atoms with van der Waals surface area (Å²) in [6.07, 6.45) is 8.71. The molecule has 4 aliphatic rings. The summed E-state index contributed by atoms with van der Waals surface area (Å²) in [5.41, 5.74) is 1.80. The molecular formula is C34H39N3O4S. The Kier molecular flexibility index (Phi) is 7.56. The number of para-hydroxylation sites is 1. The number of benzene rings is 2. The molecule has 220 valence electrons. The summed E-state index contributed by atoms with van der Waals surface area (Å²) in [6.45, 7) is 7.16. The molecule has 1 unspecified atom stereocenters. The molecule has 0 aromatic heterocycles. The highest BCUT2D eigenvalue weighted by atomic mass is 32.2. The van der Waals surface area contributed by atoms with Gasteiger partial charge in [-0.15, -0.1) is 11.8 Å². The summed E-state index contributed by atoms with van der Waals surface area (Å²) in [5, 5.41) is 10.6. The van der Waals surface area contributed by atoms with Gasteiger partial charge < -0.3 is 19.8 Å². The van der Waals surface area contributed by atoms with Gasteiger partial charge in [0.05, 0.1) is 29.2 Å². The van der Waals surface area contributed by atoms with Crippen molar-refractivity contribution in [1.82, 2.24) is 9.80 Å². The molecule has 0 radical (unpaired) electrons. The molecule has 6 rings (SSSR count). The Morgan fingerprint density at radius 1 is 0.881 bits per heavy atom. The zero-order valence-electron chi connectivity index (χ0n) is 24.4. The number of amides is 3. The van der Waals surface area contributed by atoms with E-state index in [0.29, 0.717) is 26.1 Å². The number of thioether (sulfide) groups is 1. The number of anilines is 1.